The van der Waals surface area contributed by atoms with Crippen molar-refractivity contribution in [3.05, 3.63) is 55.8 Å². The maximum Gasteiger partial charge on any atom is 0.279 e. The van der Waals surface area contributed by atoms with Crippen LogP contribution < -0.4 is 11.1 Å². The van der Waals surface area contributed by atoms with E-state index in [4.69, 9.17) is 0 Å². The van der Waals surface area contributed by atoms with Crippen molar-refractivity contribution in [1.29, 1.82) is 0 Å². The first-order valence-electron chi connectivity index (χ1n) is 12.1. The summed E-state index contributed by atoms with van der Waals surface area (Å²) in [7, 11) is 0. The predicted molar refractivity (Wildman–Crippen MR) is 142 cm³/mol. The molecule has 0 saturated carbocycles. The average molecular weight is 497 g/mol. The Morgan fingerprint density at radius 2 is 1.66 bits per heavy atom. The Morgan fingerprint density at radius 3 is 2.29 bits per heavy atom. The van der Waals surface area contributed by atoms with E-state index in [9.17, 15) is 9.59 Å². The van der Waals surface area contributed by atoms with E-state index in [1.54, 1.807) is 21.5 Å². The third kappa shape index (κ3) is 4.46. The molecular weight excluding hydrogens is 460 g/mol. The largest absolute Gasteiger partial charge is 0.307 e. The zero-order valence-electron chi connectivity index (χ0n) is 22.2. The Labute approximate surface area is 209 Å². The monoisotopic (exact) mass is 496 g/mol. The van der Waals surface area contributed by atoms with Crippen LogP contribution in [0.15, 0.2) is 33.6 Å². The molecular formula is C26H36N6O2S. The summed E-state index contributed by atoms with van der Waals surface area (Å²) in [5, 5.41) is 15.8. The molecule has 0 aliphatic carbocycles. The van der Waals surface area contributed by atoms with Crippen LogP contribution in [0.2, 0.25) is 0 Å². The van der Waals surface area contributed by atoms with Crippen LogP contribution in [0.25, 0.3) is 15.7 Å². The van der Waals surface area contributed by atoms with E-state index < -0.39 is 0 Å². The van der Waals surface area contributed by atoms with Crippen LogP contribution in [0.5, 0.6) is 0 Å². The third-order valence-corrected chi connectivity index (χ3v) is 7.73. The Bertz CT molecular complexity index is 1510. The van der Waals surface area contributed by atoms with Crippen LogP contribution in [0.3, 0.4) is 0 Å². The number of aromatic nitrogens is 6. The Morgan fingerprint density at radius 1 is 0.971 bits per heavy atom. The van der Waals surface area contributed by atoms with Gasteiger partial charge in [0.1, 0.15) is 5.52 Å². The number of nitrogens with zero attached hydrogens (tertiary/aromatic N) is 6. The maximum atomic E-state index is 13.4. The van der Waals surface area contributed by atoms with Gasteiger partial charge >= 0.3 is 0 Å². The van der Waals surface area contributed by atoms with Crippen molar-refractivity contribution in [2.75, 3.05) is 0 Å². The van der Waals surface area contributed by atoms with Gasteiger partial charge in [0.2, 0.25) is 0 Å². The summed E-state index contributed by atoms with van der Waals surface area (Å²) in [5.74, 6) is 0. The molecule has 4 rings (SSSR count). The summed E-state index contributed by atoms with van der Waals surface area (Å²) in [5.41, 5.74) is 1.59. The van der Waals surface area contributed by atoms with Gasteiger partial charge in [0.15, 0.2) is 4.83 Å². The lowest BCUT2D eigenvalue weighted by Crippen LogP contribution is -2.35. The van der Waals surface area contributed by atoms with E-state index in [-0.39, 0.29) is 33.5 Å². The number of fused-ring (bicyclic) bond motifs is 2. The molecule has 0 fully saturated rings. The van der Waals surface area contributed by atoms with Gasteiger partial charge in [0, 0.05) is 23.5 Å². The van der Waals surface area contributed by atoms with Crippen molar-refractivity contribution in [3.8, 4) is 0 Å². The van der Waals surface area contributed by atoms with Crippen LogP contribution in [-0.2, 0) is 16.4 Å². The van der Waals surface area contributed by atoms with Gasteiger partial charge in [-0.05, 0) is 62.3 Å². The number of hydrogen-bond acceptors (Lipinski definition) is 6. The highest BCUT2D eigenvalue weighted by molar-refractivity contribution is 7.16. The van der Waals surface area contributed by atoms with Gasteiger partial charge < -0.3 is 4.57 Å². The molecule has 0 saturated heterocycles. The molecule has 1 unspecified atom stereocenters. The van der Waals surface area contributed by atoms with Crippen LogP contribution >= 0.6 is 11.3 Å². The highest BCUT2D eigenvalue weighted by Gasteiger charge is 2.29. The second-order valence-corrected chi connectivity index (χ2v) is 13.0. The zero-order valence-corrected chi connectivity index (χ0v) is 23.0. The normalized spacial score (nSPS) is 14.2. The van der Waals surface area contributed by atoms with Crippen molar-refractivity contribution in [2.24, 2.45) is 0 Å². The first kappa shape index (κ1) is 25.3. The second-order valence-electron chi connectivity index (χ2n) is 12.2. The Balaban J connectivity index is 1.66. The lowest BCUT2D eigenvalue weighted by molar-refractivity contribution is 0.360. The fourth-order valence-corrected chi connectivity index (χ4v) is 5.66. The standard InChI is InChI=1S/C26H36N6O2S/c1-16(32-22(33)19-18(24(2,3)4)15-35-21(19)28-29-32)10-11-26(8,9)17-14-27-31-13-12-30(25(5,6)7)23(34)20(17)31/h12-16H,10-11H2,1-9H3. The van der Waals surface area contributed by atoms with E-state index in [0.717, 1.165) is 17.5 Å². The fraction of sp³-hybridized carbons (Fsp3) is 0.577. The quantitative estimate of drug-likeness (QED) is 0.387. The minimum atomic E-state index is -0.328. The van der Waals surface area contributed by atoms with Crippen molar-refractivity contribution in [2.45, 2.75) is 97.6 Å². The summed E-state index contributed by atoms with van der Waals surface area (Å²) in [4.78, 5) is 27.5. The number of rotatable bonds is 5. The first-order chi connectivity index (χ1) is 16.1. The first-order valence-corrected chi connectivity index (χ1v) is 13.0. The van der Waals surface area contributed by atoms with Crippen LogP contribution in [0.1, 0.15) is 92.3 Å². The van der Waals surface area contributed by atoms with Gasteiger partial charge in [0.25, 0.3) is 11.1 Å². The van der Waals surface area contributed by atoms with Gasteiger partial charge in [-0.15, -0.1) is 16.4 Å². The van der Waals surface area contributed by atoms with Gasteiger partial charge in [-0.2, -0.15) is 5.10 Å². The second kappa shape index (κ2) is 8.40. The summed E-state index contributed by atoms with van der Waals surface area (Å²) < 4.78 is 4.94. The highest BCUT2D eigenvalue weighted by Crippen LogP contribution is 2.34. The Hall–Kier alpha value is -2.81. The number of hydrogen-bond donors (Lipinski definition) is 0. The molecule has 0 bridgehead atoms. The third-order valence-electron chi connectivity index (χ3n) is 6.86. The van der Waals surface area contributed by atoms with Crippen LogP contribution in [0, 0.1) is 0 Å². The van der Waals surface area contributed by atoms with Gasteiger partial charge in [-0.3, -0.25) is 9.59 Å². The molecule has 0 spiro atoms. The average Bonchev–Trinajstić information content (AvgIpc) is 3.37. The molecule has 4 aromatic rings. The molecule has 35 heavy (non-hydrogen) atoms. The van der Waals surface area contributed by atoms with E-state index in [0.29, 0.717) is 22.2 Å². The summed E-state index contributed by atoms with van der Waals surface area (Å²) in [6.07, 6.45) is 6.88. The molecule has 4 heterocycles. The lowest BCUT2D eigenvalue weighted by Gasteiger charge is -2.27. The molecule has 8 nitrogen and oxygen atoms in total. The van der Waals surface area contributed by atoms with Crippen molar-refractivity contribution >= 4 is 27.1 Å². The van der Waals surface area contributed by atoms with E-state index in [1.807, 2.05) is 39.3 Å². The molecule has 0 N–H and O–H groups in total. The van der Waals surface area contributed by atoms with E-state index >= 15 is 0 Å². The number of thiophene rings is 1. The van der Waals surface area contributed by atoms with Crippen LogP contribution in [0.4, 0.5) is 0 Å². The highest BCUT2D eigenvalue weighted by atomic mass is 32.1. The molecule has 0 radical (unpaired) electrons. The van der Waals surface area contributed by atoms with Crippen molar-refractivity contribution < 1.29 is 0 Å². The Kier molecular flexibility index (Phi) is 6.07. The molecule has 9 heteroatoms. The summed E-state index contributed by atoms with van der Waals surface area (Å²) in [6, 6.07) is -0.139. The van der Waals surface area contributed by atoms with Crippen molar-refractivity contribution in [1.82, 2.24) is 29.2 Å². The van der Waals surface area contributed by atoms with E-state index in [1.165, 1.54) is 16.0 Å². The predicted octanol–water partition coefficient (Wildman–Crippen LogP) is 5.03. The molecule has 0 aromatic carbocycles. The molecule has 1 atom stereocenters. The zero-order chi connectivity index (χ0) is 25.9. The molecule has 188 valence electrons. The lowest BCUT2D eigenvalue weighted by atomic mass is 9.80. The minimum Gasteiger partial charge on any atom is -0.307 e. The summed E-state index contributed by atoms with van der Waals surface area (Å²) >= 11 is 1.47. The minimum absolute atomic E-state index is 0.0478. The fourth-order valence-electron chi connectivity index (χ4n) is 4.56. The topological polar surface area (TPSA) is 87.1 Å². The smallest absolute Gasteiger partial charge is 0.279 e. The van der Waals surface area contributed by atoms with Crippen molar-refractivity contribution in [3.63, 3.8) is 0 Å². The molecule has 0 aliphatic heterocycles. The van der Waals surface area contributed by atoms with Gasteiger partial charge in [0.05, 0.1) is 17.6 Å². The van der Waals surface area contributed by atoms with E-state index in [2.05, 4.69) is 50.0 Å². The van der Waals surface area contributed by atoms with Crippen LogP contribution in [-0.4, -0.2) is 29.2 Å². The maximum absolute atomic E-state index is 13.4. The summed E-state index contributed by atoms with van der Waals surface area (Å²) in [6.45, 7) is 18.6. The molecule has 4 aromatic heterocycles. The SMILES string of the molecule is CC(CCC(C)(C)c1cnn2ccn(C(C)(C)C)c(=O)c12)n1nnc2scc(C(C)(C)C)c2c1=O. The van der Waals surface area contributed by atoms with Gasteiger partial charge in [-0.25, -0.2) is 9.20 Å². The van der Waals surface area contributed by atoms with Gasteiger partial charge in [-0.1, -0.05) is 39.8 Å². The molecule has 0 amide bonds. The molecule has 0 aliphatic rings.